The molecule has 0 spiro atoms. The van der Waals surface area contributed by atoms with Crippen molar-refractivity contribution in [3.63, 3.8) is 0 Å². The average Bonchev–Trinajstić information content (AvgIpc) is 2.77. The fourth-order valence-electron chi connectivity index (χ4n) is 2.53. The third-order valence-electron chi connectivity index (χ3n) is 4.24. The van der Waals surface area contributed by atoms with Crippen LogP contribution in [-0.2, 0) is 42.4 Å². The summed E-state index contributed by atoms with van der Waals surface area (Å²) in [6, 6.07) is 0. The van der Waals surface area contributed by atoms with Gasteiger partial charge < -0.3 is 48.3 Å². The van der Waals surface area contributed by atoms with Crippen LogP contribution in [0.15, 0.2) is 0 Å². The summed E-state index contributed by atoms with van der Waals surface area (Å²) >= 11 is 0. The molecule has 0 heterocycles. The van der Waals surface area contributed by atoms with Crippen LogP contribution in [0.25, 0.3) is 0 Å². The lowest BCUT2D eigenvalue weighted by atomic mass is 10.2. The van der Waals surface area contributed by atoms with E-state index in [1.807, 2.05) is 0 Å². The van der Waals surface area contributed by atoms with Gasteiger partial charge in [-0.2, -0.15) is 0 Å². The van der Waals surface area contributed by atoms with Crippen LogP contribution in [0.2, 0.25) is 0 Å². The highest BCUT2D eigenvalue weighted by Gasteiger charge is 2.10. The molecule has 0 aliphatic heterocycles. The Morgan fingerprint density at radius 3 is 1.88 bits per heavy atom. The highest BCUT2D eigenvalue weighted by atomic mass is 31.2. The van der Waals surface area contributed by atoms with Crippen LogP contribution in [0.1, 0.15) is 32.1 Å². The number of nitrogens with one attached hydrogen (secondary N) is 2. The standard InChI is InChI=1S/C21H43N2O10P/c1-28-13-15-31-18-19(32-16-14-29-2)17-30-11-5-9-22-20(24)7-4-8-21(25)23-10-6-12-33-34(3,26)27/h19H,4-18H2,1-3H3,(H,22,24)(H,23,25)(H,26,27)/p-1. The van der Waals surface area contributed by atoms with E-state index in [1.54, 1.807) is 14.2 Å². The number of rotatable bonds is 24. The van der Waals surface area contributed by atoms with Gasteiger partial charge in [-0.25, -0.2) is 0 Å². The molecule has 0 aliphatic rings. The smallest absolute Gasteiger partial charge is 0.220 e. The van der Waals surface area contributed by atoms with Gasteiger partial charge in [-0.3, -0.25) is 9.59 Å². The molecule has 0 saturated carbocycles. The normalized spacial score (nSPS) is 13.9. The van der Waals surface area contributed by atoms with Crippen molar-refractivity contribution >= 4 is 19.4 Å². The Morgan fingerprint density at radius 1 is 0.794 bits per heavy atom. The summed E-state index contributed by atoms with van der Waals surface area (Å²) in [6.45, 7) is 5.01. The van der Waals surface area contributed by atoms with E-state index >= 15 is 0 Å². The van der Waals surface area contributed by atoms with Gasteiger partial charge in [-0.1, -0.05) is 0 Å². The van der Waals surface area contributed by atoms with E-state index in [2.05, 4.69) is 15.2 Å². The molecule has 12 nitrogen and oxygen atoms in total. The molecule has 2 unspecified atom stereocenters. The number of carbonyl (C=O) groups is 2. The van der Waals surface area contributed by atoms with Crippen LogP contribution in [-0.4, -0.2) is 105 Å². The minimum Gasteiger partial charge on any atom is -0.779 e. The SMILES string of the molecule is COCCOCC(COCCCNC(=O)CCCC(=O)NCCCOP(C)(=O)[O-])OCCOC. The summed E-state index contributed by atoms with van der Waals surface area (Å²) in [5, 5.41) is 5.46. The summed E-state index contributed by atoms with van der Waals surface area (Å²) in [5.41, 5.74) is 0. The lowest BCUT2D eigenvalue weighted by Crippen LogP contribution is -2.29. The molecule has 0 saturated heterocycles. The van der Waals surface area contributed by atoms with E-state index in [0.29, 0.717) is 78.6 Å². The van der Waals surface area contributed by atoms with Crippen LogP contribution in [0.5, 0.6) is 0 Å². The van der Waals surface area contributed by atoms with Gasteiger partial charge in [-0.15, -0.1) is 0 Å². The maximum absolute atomic E-state index is 11.9. The molecule has 0 bridgehead atoms. The zero-order valence-corrected chi connectivity index (χ0v) is 21.6. The van der Waals surface area contributed by atoms with Crippen LogP contribution >= 0.6 is 7.60 Å². The summed E-state index contributed by atoms with van der Waals surface area (Å²) in [4.78, 5) is 34.4. The highest BCUT2D eigenvalue weighted by molar-refractivity contribution is 7.50. The number of ether oxygens (including phenoxy) is 5. The lowest BCUT2D eigenvalue weighted by Gasteiger charge is -2.18. The van der Waals surface area contributed by atoms with Gasteiger partial charge in [0.05, 0.1) is 46.2 Å². The van der Waals surface area contributed by atoms with Gasteiger partial charge in [0.25, 0.3) is 0 Å². The van der Waals surface area contributed by atoms with Crippen molar-refractivity contribution in [1.29, 1.82) is 0 Å². The lowest BCUT2D eigenvalue weighted by molar-refractivity contribution is -0.196. The van der Waals surface area contributed by atoms with E-state index in [1.165, 1.54) is 0 Å². The predicted octanol–water partition coefficient (Wildman–Crippen LogP) is 0.0803. The molecule has 0 aliphatic carbocycles. The number of hydrogen-bond acceptors (Lipinski definition) is 10. The van der Waals surface area contributed by atoms with Crippen LogP contribution in [0.3, 0.4) is 0 Å². The van der Waals surface area contributed by atoms with Crippen molar-refractivity contribution in [2.45, 2.75) is 38.2 Å². The first-order chi connectivity index (χ1) is 16.3. The molecule has 2 atom stereocenters. The third-order valence-corrected chi connectivity index (χ3v) is 4.90. The highest BCUT2D eigenvalue weighted by Crippen LogP contribution is 2.30. The van der Waals surface area contributed by atoms with Gasteiger partial charge >= 0.3 is 0 Å². The zero-order chi connectivity index (χ0) is 25.5. The first-order valence-corrected chi connectivity index (χ1v) is 13.5. The Balaban J connectivity index is 3.72. The van der Waals surface area contributed by atoms with Crippen molar-refractivity contribution < 1.29 is 47.3 Å². The molecule has 0 aromatic heterocycles. The fraction of sp³-hybridized carbons (Fsp3) is 0.905. The van der Waals surface area contributed by atoms with Crippen molar-refractivity contribution in [3.05, 3.63) is 0 Å². The zero-order valence-electron chi connectivity index (χ0n) is 20.7. The van der Waals surface area contributed by atoms with E-state index in [9.17, 15) is 19.0 Å². The van der Waals surface area contributed by atoms with Crippen LogP contribution < -0.4 is 15.5 Å². The molecular formula is C21H42N2O10P-. The maximum Gasteiger partial charge on any atom is 0.220 e. The second kappa shape index (κ2) is 22.4. The Hall–Kier alpha value is -1.11. The summed E-state index contributed by atoms with van der Waals surface area (Å²) < 4.78 is 42.2. The van der Waals surface area contributed by atoms with Gasteiger partial charge in [0.1, 0.15) is 13.7 Å². The van der Waals surface area contributed by atoms with Gasteiger partial charge in [0.15, 0.2) is 0 Å². The molecule has 0 rings (SSSR count). The number of hydrogen-bond donors (Lipinski definition) is 2. The van der Waals surface area contributed by atoms with Gasteiger partial charge in [0.2, 0.25) is 11.8 Å². The molecule has 202 valence electrons. The molecule has 13 heteroatoms. The molecule has 0 fully saturated rings. The summed E-state index contributed by atoms with van der Waals surface area (Å²) in [7, 11) is -0.506. The van der Waals surface area contributed by atoms with Gasteiger partial charge in [0, 0.05) is 53.4 Å². The van der Waals surface area contributed by atoms with E-state index in [0.717, 1.165) is 6.66 Å². The Kier molecular flexibility index (Phi) is 21.6. The Bertz CT molecular complexity index is 562. The number of carbonyl (C=O) groups excluding carboxylic acids is 2. The summed E-state index contributed by atoms with van der Waals surface area (Å²) in [6.07, 6.45) is 1.75. The van der Waals surface area contributed by atoms with E-state index in [4.69, 9.17) is 23.7 Å². The largest absolute Gasteiger partial charge is 0.779 e. The van der Waals surface area contributed by atoms with Crippen molar-refractivity contribution in [1.82, 2.24) is 10.6 Å². The second-order valence-electron chi connectivity index (χ2n) is 7.49. The van der Waals surface area contributed by atoms with E-state index in [-0.39, 0.29) is 37.4 Å². The molecule has 2 amide bonds. The van der Waals surface area contributed by atoms with Crippen LogP contribution in [0, 0.1) is 0 Å². The molecule has 0 aromatic carbocycles. The van der Waals surface area contributed by atoms with Gasteiger partial charge in [-0.05, 0) is 19.3 Å². The molecular weight excluding hydrogens is 471 g/mol. The second-order valence-corrected chi connectivity index (χ2v) is 9.29. The average molecular weight is 514 g/mol. The molecule has 2 N–H and O–H groups in total. The van der Waals surface area contributed by atoms with Crippen molar-refractivity contribution in [3.8, 4) is 0 Å². The van der Waals surface area contributed by atoms with E-state index < -0.39 is 7.60 Å². The maximum atomic E-state index is 11.9. The van der Waals surface area contributed by atoms with Crippen molar-refractivity contribution in [2.24, 2.45) is 0 Å². The quantitative estimate of drug-likeness (QED) is 0.134. The van der Waals surface area contributed by atoms with Crippen molar-refractivity contribution in [2.75, 3.05) is 86.8 Å². The third kappa shape index (κ3) is 24.0. The fourth-order valence-corrected chi connectivity index (χ4v) is 2.99. The predicted molar refractivity (Wildman–Crippen MR) is 124 cm³/mol. The monoisotopic (exact) mass is 513 g/mol. The Morgan fingerprint density at radius 2 is 1.32 bits per heavy atom. The molecule has 0 radical (unpaired) electrons. The summed E-state index contributed by atoms with van der Waals surface area (Å²) in [5.74, 6) is -0.306. The first kappa shape index (κ1) is 32.9. The number of methoxy groups -OCH3 is 2. The first-order valence-electron chi connectivity index (χ1n) is 11.5. The topological polar surface area (TPSA) is 154 Å². The minimum absolute atomic E-state index is 0.0351. The molecule has 0 aromatic rings. The number of amides is 2. The van der Waals surface area contributed by atoms with Crippen LogP contribution in [0.4, 0.5) is 0 Å². The Labute approximate surface area is 202 Å². The minimum atomic E-state index is -3.72. The molecule has 34 heavy (non-hydrogen) atoms.